The van der Waals surface area contributed by atoms with Crippen molar-refractivity contribution in [1.29, 1.82) is 0 Å². The number of amides is 1. The van der Waals surface area contributed by atoms with Crippen molar-refractivity contribution in [2.24, 2.45) is 0 Å². The lowest BCUT2D eigenvalue weighted by molar-refractivity contribution is 0.0948. The second-order valence-corrected chi connectivity index (χ2v) is 6.79. The molecule has 2 aromatic heterocycles. The minimum Gasteiger partial charge on any atom is -0.386 e. The van der Waals surface area contributed by atoms with Crippen LogP contribution in [0.4, 0.5) is 0 Å². The van der Waals surface area contributed by atoms with Crippen LogP contribution in [0.25, 0.3) is 0 Å². The van der Waals surface area contributed by atoms with Gasteiger partial charge in [0.2, 0.25) is 0 Å². The highest BCUT2D eigenvalue weighted by Gasteiger charge is 2.14. The third-order valence-electron chi connectivity index (χ3n) is 4.18. The molecule has 2 heterocycles. The molecule has 2 aromatic rings. The summed E-state index contributed by atoms with van der Waals surface area (Å²) in [5, 5.41) is 24.6. The number of allylic oxidation sites excluding steroid dienone is 1. The van der Waals surface area contributed by atoms with E-state index in [1.54, 1.807) is 6.20 Å². The van der Waals surface area contributed by atoms with E-state index in [2.05, 4.69) is 21.7 Å². The van der Waals surface area contributed by atoms with Gasteiger partial charge in [0.1, 0.15) is 0 Å². The number of carbonyl (C=O) groups excluding carboxylic acids is 1. The molecule has 6 nitrogen and oxygen atoms in total. The SMILES string of the molecule is O=C(NCCC1=CCCCC1)c1cn(C[C@@H](O)c2ccsc2)nn1. The summed E-state index contributed by atoms with van der Waals surface area (Å²) in [6.45, 7) is 0.902. The van der Waals surface area contributed by atoms with E-state index in [1.807, 2.05) is 16.8 Å². The molecule has 24 heavy (non-hydrogen) atoms. The first-order valence-electron chi connectivity index (χ1n) is 8.29. The Kier molecular flexibility index (Phi) is 5.77. The second-order valence-electron chi connectivity index (χ2n) is 6.01. The predicted octanol–water partition coefficient (Wildman–Crippen LogP) is 2.69. The third kappa shape index (κ3) is 4.52. The largest absolute Gasteiger partial charge is 0.386 e. The summed E-state index contributed by atoms with van der Waals surface area (Å²) >= 11 is 1.54. The zero-order valence-corrected chi connectivity index (χ0v) is 14.3. The summed E-state index contributed by atoms with van der Waals surface area (Å²) < 4.78 is 1.50. The van der Waals surface area contributed by atoms with Gasteiger partial charge in [-0.25, -0.2) is 4.68 Å². The Balaban J connectivity index is 1.47. The number of carbonyl (C=O) groups is 1. The summed E-state index contributed by atoms with van der Waals surface area (Å²) in [4.78, 5) is 12.1. The van der Waals surface area contributed by atoms with Crippen LogP contribution in [-0.2, 0) is 6.54 Å². The minimum absolute atomic E-state index is 0.220. The van der Waals surface area contributed by atoms with Crippen molar-refractivity contribution in [2.45, 2.75) is 44.8 Å². The molecule has 3 rings (SSSR count). The maximum absolute atomic E-state index is 12.1. The van der Waals surface area contributed by atoms with E-state index in [-0.39, 0.29) is 18.1 Å². The Morgan fingerprint density at radius 1 is 1.46 bits per heavy atom. The molecule has 0 aliphatic heterocycles. The Labute approximate surface area is 145 Å². The smallest absolute Gasteiger partial charge is 0.273 e. The summed E-state index contributed by atoms with van der Waals surface area (Å²) in [6, 6.07) is 1.87. The Bertz CT molecular complexity index is 693. The zero-order chi connectivity index (χ0) is 16.8. The minimum atomic E-state index is -0.646. The third-order valence-corrected chi connectivity index (χ3v) is 4.88. The van der Waals surface area contributed by atoms with Crippen molar-refractivity contribution in [3.05, 3.63) is 45.9 Å². The number of hydrogen-bond donors (Lipinski definition) is 2. The maximum atomic E-state index is 12.1. The van der Waals surface area contributed by atoms with E-state index in [0.29, 0.717) is 6.54 Å². The van der Waals surface area contributed by atoms with Crippen molar-refractivity contribution in [2.75, 3.05) is 6.54 Å². The number of aliphatic hydroxyl groups is 1. The molecule has 0 saturated carbocycles. The lowest BCUT2D eigenvalue weighted by atomic mass is 9.97. The molecule has 0 spiro atoms. The predicted molar refractivity (Wildman–Crippen MR) is 92.8 cm³/mol. The number of aliphatic hydroxyl groups excluding tert-OH is 1. The monoisotopic (exact) mass is 346 g/mol. The van der Waals surface area contributed by atoms with Crippen LogP contribution in [0, 0.1) is 0 Å². The van der Waals surface area contributed by atoms with Crippen molar-refractivity contribution < 1.29 is 9.90 Å². The molecule has 1 aliphatic carbocycles. The van der Waals surface area contributed by atoms with Crippen molar-refractivity contribution in [3.63, 3.8) is 0 Å². The molecule has 0 radical (unpaired) electrons. The van der Waals surface area contributed by atoms with Crippen LogP contribution in [0.2, 0.25) is 0 Å². The van der Waals surface area contributed by atoms with Gasteiger partial charge in [-0.2, -0.15) is 11.3 Å². The zero-order valence-electron chi connectivity index (χ0n) is 13.5. The highest BCUT2D eigenvalue weighted by Crippen LogP contribution is 2.19. The molecular weight excluding hydrogens is 324 g/mol. The number of rotatable bonds is 7. The lowest BCUT2D eigenvalue weighted by Crippen LogP contribution is -2.25. The van der Waals surface area contributed by atoms with Crippen molar-refractivity contribution in [1.82, 2.24) is 20.3 Å². The van der Waals surface area contributed by atoms with E-state index in [4.69, 9.17) is 0 Å². The average Bonchev–Trinajstić information content (AvgIpc) is 3.27. The van der Waals surface area contributed by atoms with Crippen LogP contribution in [0.3, 0.4) is 0 Å². The van der Waals surface area contributed by atoms with Gasteiger partial charge in [0, 0.05) is 6.54 Å². The quantitative estimate of drug-likeness (QED) is 0.756. The first-order chi connectivity index (χ1) is 11.7. The Morgan fingerprint density at radius 3 is 3.12 bits per heavy atom. The summed E-state index contributed by atoms with van der Waals surface area (Å²) in [5.41, 5.74) is 2.57. The summed E-state index contributed by atoms with van der Waals surface area (Å²) in [5.74, 6) is -0.220. The van der Waals surface area contributed by atoms with Crippen LogP contribution < -0.4 is 5.32 Å². The summed E-state index contributed by atoms with van der Waals surface area (Å²) in [7, 11) is 0. The molecule has 0 aromatic carbocycles. The maximum Gasteiger partial charge on any atom is 0.273 e. The lowest BCUT2D eigenvalue weighted by Gasteiger charge is -2.12. The van der Waals surface area contributed by atoms with Gasteiger partial charge in [0.25, 0.3) is 5.91 Å². The van der Waals surface area contributed by atoms with Crippen LogP contribution in [0.15, 0.2) is 34.7 Å². The molecular formula is C17H22N4O2S. The molecule has 0 fully saturated rings. The first-order valence-corrected chi connectivity index (χ1v) is 9.23. The van der Waals surface area contributed by atoms with Gasteiger partial charge >= 0.3 is 0 Å². The number of thiophene rings is 1. The number of nitrogens with one attached hydrogen (secondary N) is 1. The van der Waals surface area contributed by atoms with Gasteiger partial charge in [-0.3, -0.25) is 4.79 Å². The average molecular weight is 346 g/mol. The molecule has 0 bridgehead atoms. The second kappa shape index (κ2) is 8.21. The van der Waals surface area contributed by atoms with Gasteiger partial charge in [-0.15, -0.1) is 5.10 Å². The molecule has 1 amide bonds. The topological polar surface area (TPSA) is 80.0 Å². The van der Waals surface area contributed by atoms with Crippen molar-refractivity contribution in [3.8, 4) is 0 Å². The van der Waals surface area contributed by atoms with Crippen LogP contribution >= 0.6 is 11.3 Å². The fraction of sp³-hybridized carbons (Fsp3) is 0.471. The fourth-order valence-electron chi connectivity index (χ4n) is 2.80. The molecule has 1 atom stereocenters. The Hall–Kier alpha value is -1.99. The van der Waals surface area contributed by atoms with E-state index in [0.717, 1.165) is 24.8 Å². The van der Waals surface area contributed by atoms with Crippen molar-refractivity contribution >= 4 is 17.2 Å². The highest BCUT2D eigenvalue weighted by molar-refractivity contribution is 7.07. The molecule has 1 aliphatic rings. The van der Waals surface area contributed by atoms with Gasteiger partial charge in [-0.1, -0.05) is 16.9 Å². The van der Waals surface area contributed by atoms with Crippen LogP contribution in [-0.4, -0.2) is 32.6 Å². The Morgan fingerprint density at radius 2 is 2.38 bits per heavy atom. The van der Waals surface area contributed by atoms with Gasteiger partial charge in [0.05, 0.1) is 18.8 Å². The van der Waals surface area contributed by atoms with Gasteiger partial charge in [0.15, 0.2) is 5.69 Å². The normalized spacial score (nSPS) is 15.8. The molecule has 2 N–H and O–H groups in total. The van der Waals surface area contributed by atoms with Crippen LogP contribution in [0.5, 0.6) is 0 Å². The van der Waals surface area contributed by atoms with Gasteiger partial charge in [-0.05, 0) is 54.5 Å². The van der Waals surface area contributed by atoms with Crippen LogP contribution in [0.1, 0.15) is 54.3 Å². The number of aromatic nitrogens is 3. The molecule has 0 saturated heterocycles. The number of hydrogen-bond acceptors (Lipinski definition) is 5. The standard InChI is InChI=1S/C17H22N4O2S/c22-16(14-7-9-24-12-14)11-21-10-15(19-20-21)17(23)18-8-6-13-4-2-1-3-5-13/h4,7,9-10,12,16,22H,1-3,5-6,8,11H2,(H,18,23)/t16-/m1/s1. The highest BCUT2D eigenvalue weighted by atomic mass is 32.1. The number of nitrogens with zero attached hydrogens (tertiary/aromatic N) is 3. The molecule has 128 valence electrons. The van der Waals surface area contributed by atoms with E-state index in [1.165, 1.54) is 34.4 Å². The fourth-order valence-corrected chi connectivity index (χ4v) is 3.50. The summed E-state index contributed by atoms with van der Waals surface area (Å²) in [6.07, 6.45) is 8.94. The molecule has 7 heteroatoms. The molecule has 0 unspecified atom stereocenters. The first kappa shape index (κ1) is 16.9. The van der Waals surface area contributed by atoms with E-state index >= 15 is 0 Å². The van der Waals surface area contributed by atoms with E-state index in [9.17, 15) is 9.90 Å². The van der Waals surface area contributed by atoms with Gasteiger partial charge < -0.3 is 10.4 Å². The van der Waals surface area contributed by atoms with E-state index < -0.39 is 6.10 Å².